The number of aromatic nitrogens is 4. The number of rotatable bonds is 4. The monoisotopic (exact) mass is 730 g/mol. The molecule has 0 aliphatic heterocycles. The molecule has 12 aromatic rings. The Hall–Kier alpha value is -7.21. The molecule has 0 atom stereocenters. The first kappa shape index (κ1) is 31.2. The summed E-state index contributed by atoms with van der Waals surface area (Å²) in [5.74, 6) is 1.95. The maximum Gasteiger partial charge on any atom is 0.164 e. The highest BCUT2D eigenvalue weighted by Gasteiger charge is 2.22. The van der Waals surface area contributed by atoms with Gasteiger partial charge < -0.3 is 4.57 Å². The Morgan fingerprint density at radius 1 is 0.375 bits per heavy atom. The van der Waals surface area contributed by atoms with Crippen molar-refractivity contribution in [2.75, 3.05) is 0 Å². The number of nitrogens with zero attached hydrogens (tertiary/aromatic N) is 4. The van der Waals surface area contributed by atoms with E-state index in [1.165, 1.54) is 63.5 Å². The van der Waals surface area contributed by atoms with E-state index in [4.69, 9.17) is 15.0 Å². The predicted octanol–water partition coefficient (Wildman–Crippen LogP) is 13.8. The van der Waals surface area contributed by atoms with Crippen LogP contribution in [0.1, 0.15) is 0 Å². The molecule has 0 spiro atoms. The minimum absolute atomic E-state index is 0.648. The van der Waals surface area contributed by atoms with Gasteiger partial charge in [-0.1, -0.05) is 140 Å². The summed E-state index contributed by atoms with van der Waals surface area (Å²) in [6, 6.07) is 65.0. The third-order valence-electron chi connectivity index (χ3n) is 11.2. The number of para-hydroxylation sites is 1. The number of thiophene rings is 1. The first-order valence-corrected chi connectivity index (χ1v) is 19.7. The number of benzene rings is 9. The molecule has 0 unspecified atom stereocenters. The molecule has 12 rings (SSSR count). The minimum Gasteiger partial charge on any atom is -0.308 e. The highest BCUT2D eigenvalue weighted by molar-refractivity contribution is 7.26. The molecular formula is C51H30N4S. The van der Waals surface area contributed by atoms with Crippen LogP contribution in [0, 0.1) is 0 Å². The van der Waals surface area contributed by atoms with E-state index in [1.54, 1.807) is 0 Å². The molecule has 0 saturated heterocycles. The van der Waals surface area contributed by atoms with Crippen molar-refractivity contribution in [1.82, 2.24) is 19.5 Å². The van der Waals surface area contributed by atoms with Crippen molar-refractivity contribution in [2.24, 2.45) is 0 Å². The topological polar surface area (TPSA) is 43.6 Å². The van der Waals surface area contributed by atoms with Crippen LogP contribution in [-0.4, -0.2) is 19.5 Å². The lowest BCUT2D eigenvalue weighted by atomic mass is 10.00. The summed E-state index contributed by atoms with van der Waals surface area (Å²) in [6.07, 6.45) is 0. The van der Waals surface area contributed by atoms with E-state index in [0.29, 0.717) is 17.5 Å². The number of fused-ring (bicyclic) bond motifs is 10. The van der Waals surface area contributed by atoms with Gasteiger partial charge in [0.15, 0.2) is 17.5 Å². The van der Waals surface area contributed by atoms with Crippen molar-refractivity contribution in [3.05, 3.63) is 182 Å². The van der Waals surface area contributed by atoms with Crippen LogP contribution < -0.4 is 0 Å². The van der Waals surface area contributed by atoms with Crippen LogP contribution in [-0.2, 0) is 0 Å². The minimum atomic E-state index is 0.648. The third-order valence-corrected chi connectivity index (χ3v) is 12.4. The summed E-state index contributed by atoms with van der Waals surface area (Å²) in [7, 11) is 0. The second kappa shape index (κ2) is 12.2. The zero-order chi connectivity index (χ0) is 36.7. The fourth-order valence-electron chi connectivity index (χ4n) is 8.59. The maximum atomic E-state index is 5.31. The zero-order valence-electron chi connectivity index (χ0n) is 30.0. The molecule has 0 amide bonds. The molecule has 0 saturated carbocycles. The van der Waals surface area contributed by atoms with Crippen LogP contribution in [0.25, 0.3) is 114 Å². The second-order valence-electron chi connectivity index (χ2n) is 14.4. The Balaban J connectivity index is 1.13. The smallest absolute Gasteiger partial charge is 0.164 e. The van der Waals surface area contributed by atoms with Crippen LogP contribution >= 0.6 is 11.3 Å². The van der Waals surface area contributed by atoms with Crippen molar-refractivity contribution in [3.8, 4) is 39.9 Å². The number of hydrogen-bond acceptors (Lipinski definition) is 4. The van der Waals surface area contributed by atoms with Crippen molar-refractivity contribution in [1.29, 1.82) is 0 Å². The van der Waals surface area contributed by atoms with Gasteiger partial charge in [0, 0.05) is 42.9 Å². The van der Waals surface area contributed by atoms with Gasteiger partial charge >= 0.3 is 0 Å². The van der Waals surface area contributed by atoms with Crippen LogP contribution in [0.4, 0.5) is 0 Å². The summed E-state index contributed by atoms with van der Waals surface area (Å²) in [5.41, 5.74) is 6.40. The van der Waals surface area contributed by atoms with Crippen LogP contribution in [0.2, 0.25) is 0 Å². The van der Waals surface area contributed by atoms with E-state index in [9.17, 15) is 0 Å². The molecule has 0 fully saturated rings. The van der Waals surface area contributed by atoms with Crippen LogP contribution in [0.15, 0.2) is 182 Å². The highest BCUT2D eigenvalue weighted by atomic mass is 32.1. The van der Waals surface area contributed by atoms with E-state index >= 15 is 0 Å². The second-order valence-corrected chi connectivity index (χ2v) is 15.5. The van der Waals surface area contributed by atoms with Gasteiger partial charge in [0.05, 0.1) is 21.4 Å². The lowest BCUT2D eigenvalue weighted by Crippen LogP contribution is -2.01. The van der Waals surface area contributed by atoms with Gasteiger partial charge in [0.25, 0.3) is 0 Å². The third kappa shape index (κ3) is 4.75. The molecule has 3 heterocycles. The average molecular weight is 731 g/mol. The Morgan fingerprint density at radius 3 is 1.88 bits per heavy atom. The number of hydrogen-bond donors (Lipinski definition) is 0. The summed E-state index contributed by atoms with van der Waals surface area (Å²) >= 11 is 1.83. The standard InChI is InChI=1S/C51H30N4S/c1-2-13-32(14-3-1)49-52-50(36-24-25-38-35(28-36)23-22-31-12-6-7-17-37(31)38)54-51(53-49)41-26-27-44(48-47(41)40-19-9-11-21-46(40)56-48)55-43-20-10-8-18-39(43)42-29-33-15-4-5-16-34(33)30-45(42)55/h1-30H. The molecule has 3 aromatic heterocycles. The lowest BCUT2D eigenvalue weighted by molar-refractivity contribution is 1.08. The van der Waals surface area contributed by atoms with Gasteiger partial charge in [-0.3, -0.25) is 0 Å². The average Bonchev–Trinajstić information content (AvgIpc) is 3.81. The Labute approximate surface area is 325 Å². The molecule has 260 valence electrons. The molecule has 9 aromatic carbocycles. The molecule has 0 aliphatic carbocycles. The van der Waals surface area contributed by atoms with Crippen molar-refractivity contribution < 1.29 is 0 Å². The van der Waals surface area contributed by atoms with Gasteiger partial charge in [0.2, 0.25) is 0 Å². The van der Waals surface area contributed by atoms with E-state index in [-0.39, 0.29) is 0 Å². The highest BCUT2D eigenvalue weighted by Crippen LogP contribution is 2.45. The van der Waals surface area contributed by atoms with Gasteiger partial charge in [-0.05, 0) is 74.8 Å². The summed E-state index contributed by atoms with van der Waals surface area (Å²) in [4.78, 5) is 15.7. The van der Waals surface area contributed by atoms with Gasteiger partial charge in [-0.2, -0.15) is 0 Å². The normalized spacial score (nSPS) is 11.9. The molecule has 5 heteroatoms. The molecule has 0 aliphatic rings. The SMILES string of the molecule is c1ccc(-c2nc(-c3ccc4c(ccc5ccccc54)c3)nc(-c3ccc(-n4c5ccccc5c5cc6ccccc6cc54)c4sc5ccccc5c34)n2)cc1. The maximum absolute atomic E-state index is 5.31. The first-order valence-electron chi connectivity index (χ1n) is 18.9. The predicted molar refractivity (Wildman–Crippen MR) is 236 cm³/mol. The Kier molecular flexibility index (Phi) is 6.76. The summed E-state index contributed by atoms with van der Waals surface area (Å²) in [5, 5.41) is 12.1. The quantitative estimate of drug-likeness (QED) is 0.169. The van der Waals surface area contributed by atoms with Crippen LogP contribution in [0.5, 0.6) is 0 Å². The fraction of sp³-hybridized carbons (Fsp3) is 0. The Morgan fingerprint density at radius 2 is 1.02 bits per heavy atom. The molecular weight excluding hydrogens is 701 g/mol. The zero-order valence-corrected chi connectivity index (χ0v) is 30.8. The summed E-state index contributed by atoms with van der Waals surface area (Å²) < 4.78 is 4.87. The van der Waals surface area contributed by atoms with Gasteiger partial charge in [0.1, 0.15) is 0 Å². The van der Waals surface area contributed by atoms with Crippen molar-refractivity contribution in [3.63, 3.8) is 0 Å². The van der Waals surface area contributed by atoms with Gasteiger partial charge in [-0.15, -0.1) is 11.3 Å². The van der Waals surface area contributed by atoms with Crippen molar-refractivity contribution >= 4 is 85.6 Å². The summed E-state index contributed by atoms with van der Waals surface area (Å²) in [6.45, 7) is 0. The molecule has 4 nitrogen and oxygen atoms in total. The molecule has 56 heavy (non-hydrogen) atoms. The van der Waals surface area contributed by atoms with Crippen molar-refractivity contribution in [2.45, 2.75) is 0 Å². The largest absolute Gasteiger partial charge is 0.308 e. The molecule has 0 radical (unpaired) electrons. The van der Waals surface area contributed by atoms with Crippen LogP contribution in [0.3, 0.4) is 0 Å². The van der Waals surface area contributed by atoms with Gasteiger partial charge in [-0.25, -0.2) is 15.0 Å². The van der Waals surface area contributed by atoms with E-state index in [1.807, 2.05) is 29.5 Å². The lowest BCUT2D eigenvalue weighted by Gasteiger charge is -2.14. The van der Waals surface area contributed by atoms with E-state index in [2.05, 4.69) is 168 Å². The fourth-order valence-corrected chi connectivity index (χ4v) is 9.82. The van der Waals surface area contributed by atoms with E-state index < -0.39 is 0 Å². The first-order chi connectivity index (χ1) is 27.7. The molecule has 0 N–H and O–H groups in total. The van der Waals surface area contributed by atoms with E-state index in [0.717, 1.165) is 33.2 Å². The molecule has 0 bridgehead atoms. The Bertz CT molecular complexity index is 3540.